The zero-order chi connectivity index (χ0) is 27.6. The molecule has 0 radical (unpaired) electrons. The molecule has 1 aromatic heterocycles. The highest BCUT2D eigenvalue weighted by molar-refractivity contribution is 7.88. The number of hydrogen-bond acceptors (Lipinski definition) is 7. The molecule has 9 nitrogen and oxygen atoms in total. The van der Waals surface area contributed by atoms with E-state index in [-0.39, 0.29) is 41.5 Å². The van der Waals surface area contributed by atoms with Gasteiger partial charge in [0.05, 0.1) is 37.4 Å². The van der Waals surface area contributed by atoms with Crippen molar-refractivity contribution in [1.29, 1.82) is 0 Å². The molecule has 13 heteroatoms. The molecule has 0 unspecified atom stereocenters. The van der Waals surface area contributed by atoms with Crippen molar-refractivity contribution < 1.29 is 21.9 Å². The molecular formula is C26H28ClF2N5O4S. The summed E-state index contributed by atoms with van der Waals surface area (Å²) >= 11 is 6.19. The van der Waals surface area contributed by atoms with E-state index in [1.165, 1.54) is 45.4 Å². The normalized spacial score (nSPS) is 17.0. The molecule has 0 N–H and O–H groups in total. The largest absolute Gasteiger partial charge is 0.378 e. The first kappa shape index (κ1) is 27.5. The topological polar surface area (TPSA) is 88.0 Å². The molecule has 39 heavy (non-hydrogen) atoms. The Kier molecular flexibility index (Phi) is 8.17. The van der Waals surface area contributed by atoms with Crippen LogP contribution < -0.4 is 15.4 Å². The highest BCUT2D eigenvalue weighted by Gasteiger charge is 2.30. The predicted molar refractivity (Wildman–Crippen MR) is 145 cm³/mol. The van der Waals surface area contributed by atoms with Crippen LogP contribution >= 0.6 is 11.6 Å². The quantitative estimate of drug-likeness (QED) is 0.425. The van der Waals surface area contributed by atoms with E-state index in [0.717, 1.165) is 0 Å². The molecule has 2 aliphatic heterocycles. The molecule has 0 aliphatic carbocycles. The molecule has 5 rings (SSSR count). The van der Waals surface area contributed by atoms with Crippen molar-refractivity contribution in [2.75, 3.05) is 62.3 Å². The fraction of sp³-hybridized carbons (Fsp3) is 0.385. The van der Waals surface area contributed by atoms with Gasteiger partial charge < -0.3 is 14.5 Å². The lowest BCUT2D eigenvalue weighted by Gasteiger charge is -2.38. The molecule has 2 saturated heterocycles. The molecule has 0 amide bonds. The fourth-order valence-electron chi connectivity index (χ4n) is 4.82. The highest BCUT2D eigenvalue weighted by atomic mass is 35.5. The van der Waals surface area contributed by atoms with Crippen molar-refractivity contribution in [3.05, 3.63) is 86.8 Å². The van der Waals surface area contributed by atoms with E-state index < -0.39 is 21.7 Å². The zero-order valence-electron chi connectivity index (χ0n) is 21.1. The number of ether oxygens (including phenoxy) is 1. The number of aromatic nitrogens is 2. The first-order chi connectivity index (χ1) is 18.7. The van der Waals surface area contributed by atoms with E-state index >= 15 is 0 Å². The van der Waals surface area contributed by atoms with Crippen molar-refractivity contribution in [2.24, 2.45) is 0 Å². The maximum absolute atomic E-state index is 14.4. The van der Waals surface area contributed by atoms with Gasteiger partial charge in [-0.2, -0.15) is 9.40 Å². The van der Waals surface area contributed by atoms with Crippen molar-refractivity contribution in [1.82, 2.24) is 14.1 Å². The maximum atomic E-state index is 14.4. The van der Waals surface area contributed by atoms with Gasteiger partial charge in [-0.05, 0) is 29.8 Å². The summed E-state index contributed by atoms with van der Waals surface area (Å²) in [6.07, 6.45) is 1.57. The molecule has 3 aromatic rings. The molecule has 0 atom stereocenters. The van der Waals surface area contributed by atoms with Crippen LogP contribution in [0.3, 0.4) is 0 Å². The van der Waals surface area contributed by atoms with E-state index in [1.54, 1.807) is 12.3 Å². The van der Waals surface area contributed by atoms with Gasteiger partial charge in [-0.3, -0.25) is 4.79 Å². The van der Waals surface area contributed by atoms with E-state index in [4.69, 9.17) is 16.3 Å². The molecule has 2 aliphatic rings. The Morgan fingerprint density at radius 3 is 2.28 bits per heavy atom. The third-order valence-electron chi connectivity index (χ3n) is 6.93. The Morgan fingerprint density at radius 2 is 1.62 bits per heavy atom. The molecule has 208 valence electrons. The van der Waals surface area contributed by atoms with Gasteiger partial charge in [-0.25, -0.2) is 21.9 Å². The Bertz CT molecular complexity index is 1470. The lowest BCUT2D eigenvalue weighted by molar-refractivity contribution is 0.122. The first-order valence-corrected chi connectivity index (χ1v) is 14.5. The van der Waals surface area contributed by atoms with Gasteiger partial charge in [0.15, 0.2) is 0 Å². The van der Waals surface area contributed by atoms with E-state index in [0.29, 0.717) is 56.3 Å². The molecule has 0 saturated carbocycles. The minimum absolute atomic E-state index is 0.128. The summed E-state index contributed by atoms with van der Waals surface area (Å²) in [5.41, 5.74) is 1.31. The predicted octanol–water partition coefficient (Wildman–Crippen LogP) is 2.71. The van der Waals surface area contributed by atoms with Gasteiger partial charge in [0.2, 0.25) is 10.0 Å². The molecule has 0 bridgehead atoms. The van der Waals surface area contributed by atoms with Crippen LogP contribution in [0.5, 0.6) is 0 Å². The van der Waals surface area contributed by atoms with E-state index in [1.807, 2.05) is 9.80 Å². The molecule has 0 spiro atoms. The van der Waals surface area contributed by atoms with Crippen LogP contribution in [0.2, 0.25) is 5.02 Å². The average molecular weight is 580 g/mol. The number of morpholine rings is 1. The van der Waals surface area contributed by atoms with Crippen LogP contribution in [0.1, 0.15) is 11.1 Å². The van der Waals surface area contributed by atoms with Crippen LogP contribution in [0, 0.1) is 11.6 Å². The molecule has 3 heterocycles. The maximum Gasteiger partial charge on any atom is 0.292 e. The standard InChI is InChI=1S/C26H28ClF2N5O4S/c27-22-2-1-3-23(29)21(22)17-34-26(35)25(32-12-14-38-15-13-32)24(16-30-34)31-8-10-33(11-9-31)39(36,37)18-19-4-6-20(28)7-5-19/h1-7,16H,8-15,17-18H2. The number of nitrogens with zero attached hydrogens (tertiary/aromatic N) is 5. The molecule has 2 fully saturated rings. The highest BCUT2D eigenvalue weighted by Crippen LogP contribution is 2.28. The third-order valence-corrected chi connectivity index (χ3v) is 9.14. The summed E-state index contributed by atoms with van der Waals surface area (Å²) in [7, 11) is -3.62. The number of piperazine rings is 1. The molecule has 2 aromatic carbocycles. The number of anilines is 2. The van der Waals surface area contributed by atoms with Crippen LogP contribution in [-0.2, 0) is 27.1 Å². The SMILES string of the molecule is O=c1c(N2CCOCC2)c(N2CCN(S(=O)(=O)Cc3ccc(F)cc3)CC2)cnn1Cc1c(F)cccc1Cl. The number of benzene rings is 2. The summed E-state index contributed by atoms with van der Waals surface area (Å²) in [6.45, 7) is 2.93. The summed E-state index contributed by atoms with van der Waals surface area (Å²) in [6, 6.07) is 9.76. The number of rotatable bonds is 7. The second-order valence-corrected chi connectivity index (χ2v) is 11.8. The lowest BCUT2D eigenvalue weighted by Crippen LogP contribution is -2.50. The minimum atomic E-state index is -3.62. The Balaban J connectivity index is 1.38. The summed E-state index contributed by atoms with van der Waals surface area (Å²) < 4.78 is 61.8. The Labute approximate surface area is 230 Å². The number of hydrogen-bond donors (Lipinski definition) is 0. The summed E-state index contributed by atoms with van der Waals surface area (Å²) in [5, 5.41) is 4.54. The number of sulfonamides is 1. The van der Waals surface area contributed by atoms with Gasteiger partial charge in [0.25, 0.3) is 5.56 Å². The minimum Gasteiger partial charge on any atom is -0.378 e. The van der Waals surface area contributed by atoms with E-state index in [9.17, 15) is 22.0 Å². The fourth-order valence-corrected chi connectivity index (χ4v) is 6.56. The second kappa shape index (κ2) is 11.6. The van der Waals surface area contributed by atoms with Gasteiger partial charge in [0, 0.05) is 49.9 Å². The van der Waals surface area contributed by atoms with Crippen LogP contribution in [0.15, 0.2) is 53.5 Å². The summed E-state index contributed by atoms with van der Waals surface area (Å²) in [4.78, 5) is 17.6. The monoisotopic (exact) mass is 579 g/mol. The van der Waals surface area contributed by atoms with Crippen LogP contribution in [0.25, 0.3) is 0 Å². The summed E-state index contributed by atoms with van der Waals surface area (Å²) in [5.74, 6) is -1.16. The van der Waals surface area contributed by atoms with Crippen molar-refractivity contribution in [3.63, 3.8) is 0 Å². The average Bonchev–Trinajstić information content (AvgIpc) is 2.93. The third kappa shape index (κ3) is 6.08. The number of halogens is 3. The van der Waals surface area contributed by atoms with Crippen LogP contribution in [-0.4, -0.2) is 75.0 Å². The Morgan fingerprint density at radius 1 is 0.923 bits per heavy atom. The van der Waals surface area contributed by atoms with E-state index in [2.05, 4.69) is 5.10 Å². The van der Waals surface area contributed by atoms with Crippen molar-refractivity contribution >= 4 is 33.0 Å². The second-order valence-electron chi connectivity index (χ2n) is 9.41. The van der Waals surface area contributed by atoms with Crippen LogP contribution in [0.4, 0.5) is 20.2 Å². The lowest BCUT2D eigenvalue weighted by atomic mass is 10.2. The molecular weight excluding hydrogens is 552 g/mol. The Hall–Kier alpha value is -3.06. The van der Waals surface area contributed by atoms with Gasteiger partial charge in [0.1, 0.15) is 17.3 Å². The van der Waals surface area contributed by atoms with Crippen molar-refractivity contribution in [2.45, 2.75) is 12.3 Å². The van der Waals surface area contributed by atoms with Gasteiger partial charge in [-0.1, -0.05) is 29.8 Å². The first-order valence-electron chi connectivity index (χ1n) is 12.6. The smallest absolute Gasteiger partial charge is 0.292 e. The zero-order valence-corrected chi connectivity index (χ0v) is 22.7. The van der Waals surface area contributed by atoms with Gasteiger partial charge in [-0.15, -0.1) is 0 Å². The van der Waals surface area contributed by atoms with Crippen molar-refractivity contribution in [3.8, 4) is 0 Å². The van der Waals surface area contributed by atoms with Gasteiger partial charge >= 0.3 is 0 Å².